The second-order valence-corrected chi connectivity index (χ2v) is 9.18. The maximum absolute atomic E-state index is 13.5. The van der Waals surface area contributed by atoms with Crippen LogP contribution in [-0.4, -0.2) is 69.5 Å². The predicted molar refractivity (Wildman–Crippen MR) is 113 cm³/mol. The normalized spacial score (nSPS) is 22.8. The molecule has 2 atom stereocenters. The van der Waals surface area contributed by atoms with Gasteiger partial charge in [0.25, 0.3) is 0 Å². The molecule has 4 rings (SSSR count). The summed E-state index contributed by atoms with van der Waals surface area (Å²) in [6.07, 6.45) is 6.86. The minimum absolute atomic E-state index is 0.00268. The van der Waals surface area contributed by atoms with Crippen molar-refractivity contribution in [3.05, 3.63) is 33.8 Å². The number of ether oxygens (including phenoxy) is 1. The maximum Gasteiger partial charge on any atom is 0.360 e. The van der Waals surface area contributed by atoms with E-state index in [0.717, 1.165) is 32.5 Å². The third-order valence-corrected chi connectivity index (χ3v) is 7.19. The molecule has 0 unspecified atom stereocenters. The van der Waals surface area contributed by atoms with Gasteiger partial charge in [-0.25, -0.2) is 9.48 Å². The van der Waals surface area contributed by atoms with Gasteiger partial charge in [-0.2, -0.15) is 0 Å². The second kappa shape index (κ2) is 9.26. The third kappa shape index (κ3) is 4.41. The van der Waals surface area contributed by atoms with Crippen molar-refractivity contribution in [2.45, 2.75) is 57.7 Å². The Morgan fingerprint density at radius 1 is 1.23 bits per heavy atom. The van der Waals surface area contributed by atoms with E-state index < -0.39 is 5.97 Å². The van der Waals surface area contributed by atoms with E-state index in [2.05, 4.69) is 38.5 Å². The van der Waals surface area contributed by atoms with Crippen LogP contribution >= 0.6 is 11.3 Å². The number of likely N-dealkylation sites (tertiary alicyclic amines) is 2. The van der Waals surface area contributed by atoms with Crippen LogP contribution in [0, 0.1) is 6.92 Å². The van der Waals surface area contributed by atoms with E-state index >= 15 is 0 Å². The van der Waals surface area contributed by atoms with E-state index in [1.165, 1.54) is 30.4 Å². The predicted octanol–water partition coefficient (Wildman–Crippen LogP) is 2.65. The zero-order chi connectivity index (χ0) is 21.1. The summed E-state index contributed by atoms with van der Waals surface area (Å²) in [6.45, 7) is 5.27. The first kappa shape index (κ1) is 21.0. The number of thiophene rings is 1. The van der Waals surface area contributed by atoms with Gasteiger partial charge in [-0.15, -0.1) is 16.4 Å². The lowest BCUT2D eigenvalue weighted by Gasteiger charge is -2.29. The lowest BCUT2D eigenvalue weighted by atomic mass is 10.1. The Morgan fingerprint density at radius 2 is 2.00 bits per heavy atom. The number of hydrogen-bond acceptors (Lipinski definition) is 7. The minimum Gasteiger partial charge on any atom is -0.464 e. The summed E-state index contributed by atoms with van der Waals surface area (Å²) in [5, 5.41) is 10.2. The molecule has 162 valence electrons. The number of esters is 1. The molecule has 30 heavy (non-hydrogen) atoms. The number of methoxy groups -OCH3 is 1. The fourth-order valence-electron chi connectivity index (χ4n) is 4.41. The molecule has 2 fully saturated rings. The lowest BCUT2D eigenvalue weighted by molar-refractivity contribution is -0.136. The smallest absolute Gasteiger partial charge is 0.360 e. The molecule has 0 spiro atoms. The van der Waals surface area contributed by atoms with Crippen molar-refractivity contribution in [1.82, 2.24) is 24.8 Å². The van der Waals surface area contributed by atoms with Crippen LogP contribution in [0.3, 0.4) is 0 Å². The van der Waals surface area contributed by atoms with E-state index in [1.807, 2.05) is 0 Å². The standard InChI is InChI=1S/C21H29N5O3S/c1-15-7-10-30-19(15)14-25-12-16(26-13-17(22-23-26)21(28)29-2)11-18(25)20(27)24-8-5-3-4-6-9-24/h7,10,13,16,18H,3-6,8-9,11-12,14H2,1-2H3/t16-,18+/m1/s1. The average Bonchev–Trinajstić information content (AvgIpc) is 3.44. The van der Waals surface area contributed by atoms with Gasteiger partial charge in [0.1, 0.15) is 0 Å². The Bertz CT molecular complexity index is 887. The van der Waals surface area contributed by atoms with Crippen molar-refractivity contribution in [2.24, 2.45) is 0 Å². The molecule has 0 N–H and O–H groups in total. The maximum atomic E-state index is 13.5. The number of carbonyl (C=O) groups is 2. The molecule has 2 saturated heterocycles. The Balaban J connectivity index is 1.55. The van der Waals surface area contributed by atoms with Crippen molar-refractivity contribution in [3.63, 3.8) is 0 Å². The van der Waals surface area contributed by atoms with Crippen LogP contribution in [0.2, 0.25) is 0 Å². The Hall–Kier alpha value is -2.26. The van der Waals surface area contributed by atoms with Gasteiger partial charge in [0, 0.05) is 31.1 Å². The molecule has 2 aromatic rings. The molecule has 0 radical (unpaired) electrons. The van der Waals surface area contributed by atoms with E-state index in [0.29, 0.717) is 13.0 Å². The van der Waals surface area contributed by atoms with Crippen molar-refractivity contribution in [1.29, 1.82) is 0 Å². The average molecular weight is 432 g/mol. The van der Waals surface area contributed by atoms with Crippen LogP contribution in [0.25, 0.3) is 0 Å². The van der Waals surface area contributed by atoms with Gasteiger partial charge in [0.15, 0.2) is 5.69 Å². The van der Waals surface area contributed by atoms with Crippen LogP contribution < -0.4 is 0 Å². The zero-order valence-electron chi connectivity index (χ0n) is 17.6. The summed E-state index contributed by atoms with van der Waals surface area (Å²) in [6, 6.07) is 1.94. The molecule has 1 amide bonds. The molecule has 2 aliphatic heterocycles. The summed E-state index contributed by atoms with van der Waals surface area (Å²) in [7, 11) is 1.33. The molecular weight excluding hydrogens is 402 g/mol. The monoisotopic (exact) mass is 431 g/mol. The second-order valence-electron chi connectivity index (χ2n) is 8.18. The van der Waals surface area contributed by atoms with Gasteiger partial charge in [-0.05, 0) is 43.2 Å². The summed E-state index contributed by atoms with van der Waals surface area (Å²) in [5.41, 5.74) is 1.46. The van der Waals surface area contributed by atoms with Gasteiger partial charge in [0.2, 0.25) is 5.91 Å². The van der Waals surface area contributed by atoms with E-state index in [4.69, 9.17) is 4.74 Å². The molecule has 4 heterocycles. The van der Waals surface area contributed by atoms with E-state index in [1.54, 1.807) is 22.2 Å². The first-order chi connectivity index (χ1) is 14.6. The summed E-state index contributed by atoms with van der Waals surface area (Å²) >= 11 is 1.73. The summed E-state index contributed by atoms with van der Waals surface area (Å²) < 4.78 is 6.46. The first-order valence-corrected chi connectivity index (χ1v) is 11.5. The molecule has 9 heteroatoms. The fraction of sp³-hybridized carbons (Fsp3) is 0.619. The van der Waals surface area contributed by atoms with Gasteiger partial charge < -0.3 is 9.64 Å². The summed E-state index contributed by atoms with van der Waals surface area (Å²) in [5.74, 6) is -0.274. The number of aromatic nitrogens is 3. The summed E-state index contributed by atoms with van der Waals surface area (Å²) in [4.78, 5) is 30.9. The van der Waals surface area contributed by atoms with Crippen LogP contribution in [0.5, 0.6) is 0 Å². The Kier molecular flexibility index (Phi) is 6.48. The van der Waals surface area contributed by atoms with Crippen LogP contribution in [0.1, 0.15) is 59.1 Å². The highest BCUT2D eigenvalue weighted by molar-refractivity contribution is 7.10. The highest BCUT2D eigenvalue weighted by Gasteiger charge is 2.40. The van der Waals surface area contributed by atoms with Crippen LogP contribution in [0.15, 0.2) is 17.6 Å². The van der Waals surface area contributed by atoms with Crippen molar-refractivity contribution >= 4 is 23.2 Å². The van der Waals surface area contributed by atoms with Gasteiger partial charge in [-0.3, -0.25) is 9.69 Å². The molecule has 0 saturated carbocycles. The van der Waals surface area contributed by atoms with Crippen molar-refractivity contribution in [2.75, 3.05) is 26.7 Å². The highest BCUT2D eigenvalue weighted by atomic mass is 32.1. The molecule has 0 aliphatic carbocycles. The van der Waals surface area contributed by atoms with Crippen LogP contribution in [-0.2, 0) is 16.1 Å². The number of carbonyl (C=O) groups excluding carboxylic acids is 2. The number of amides is 1. The molecular formula is C21H29N5O3S. The number of rotatable bonds is 5. The number of nitrogens with zero attached hydrogens (tertiary/aromatic N) is 5. The topological polar surface area (TPSA) is 80.6 Å². The Labute approximate surface area is 180 Å². The van der Waals surface area contributed by atoms with Crippen molar-refractivity contribution in [3.8, 4) is 0 Å². The lowest BCUT2D eigenvalue weighted by Crippen LogP contribution is -2.45. The van der Waals surface area contributed by atoms with Crippen molar-refractivity contribution < 1.29 is 14.3 Å². The van der Waals surface area contributed by atoms with Gasteiger partial charge >= 0.3 is 5.97 Å². The Morgan fingerprint density at radius 3 is 2.67 bits per heavy atom. The quantitative estimate of drug-likeness (QED) is 0.677. The largest absolute Gasteiger partial charge is 0.464 e. The van der Waals surface area contributed by atoms with Gasteiger partial charge in [0.05, 0.1) is 25.4 Å². The molecule has 0 bridgehead atoms. The van der Waals surface area contributed by atoms with E-state index in [9.17, 15) is 9.59 Å². The van der Waals surface area contributed by atoms with Crippen LogP contribution in [0.4, 0.5) is 0 Å². The fourth-order valence-corrected chi connectivity index (χ4v) is 5.34. The molecule has 8 nitrogen and oxygen atoms in total. The zero-order valence-corrected chi connectivity index (χ0v) is 18.4. The third-order valence-electron chi connectivity index (χ3n) is 6.18. The number of aryl methyl sites for hydroxylation is 1. The minimum atomic E-state index is -0.498. The van der Waals surface area contributed by atoms with E-state index in [-0.39, 0.29) is 23.7 Å². The molecule has 0 aromatic carbocycles. The highest BCUT2D eigenvalue weighted by Crippen LogP contribution is 2.32. The SMILES string of the molecule is COC(=O)c1cn([C@@H]2C[C@@H](C(=O)N3CCCCCC3)N(Cc3sccc3C)C2)nn1. The first-order valence-electron chi connectivity index (χ1n) is 10.6. The number of hydrogen-bond donors (Lipinski definition) is 0. The van der Waals surface area contributed by atoms with Gasteiger partial charge in [-0.1, -0.05) is 18.1 Å². The molecule has 2 aromatic heterocycles. The molecule has 2 aliphatic rings.